The van der Waals surface area contributed by atoms with E-state index in [1.54, 1.807) is 12.3 Å². The van der Waals surface area contributed by atoms with E-state index in [0.29, 0.717) is 23.2 Å². The Hall–Kier alpha value is -2.30. The monoisotopic (exact) mass is 291 g/mol. The van der Waals surface area contributed by atoms with Crippen LogP contribution in [0, 0.1) is 0 Å². The van der Waals surface area contributed by atoms with Crippen LogP contribution >= 0.6 is 0 Å². The van der Waals surface area contributed by atoms with Gasteiger partial charge in [-0.3, -0.25) is 4.79 Å². The summed E-state index contributed by atoms with van der Waals surface area (Å²) in [5.41, 5.74) is 1.16. The highest BCUT2D eigenvalue weighted by molar-refractivity contribution is 6.43. The Kier molecular flexibility index (Phi) is 5.96. The minimum Gasteiger partial charge on any atom is -0.496 e. The van der Waals surface area contributed by atoms with Gasteiger partial charge in [0, 0.05) is 12.7 Å². The van der Waals surface area contributed by atoms with Crippen molar-refractivity contribution in [2.24, 2.45) is 0 Å². The summed E-state index contributed by atoms with van der Waals surface area (Å²) in [6.45, 7) is 6.66. The average Bonchev–Trinajstić information content (AvgIpc) is 2.94. The zero-order valence-electron chi connectivity index (χ0n) is 13.1. The van der Waals surface area contributed by atoms with Gasteiger partial charge in [0.2, 0.25) is 0 Å². The first-order valence-electron chi connectivity index (χ1n) is 6.92. The molecular weight excluding hydrogens is 270 g/mol. The summed E-state index contributed by atoms with van der Waals surface area (Å²) in [5.74, 6) is -0.970. The van der Waals surface area contributed by atoms with Crippen molar-refractivity contribution in [2.75, 3.05) is 14.2 Å². The minimum absolute atomic E-state index is 0.307. The molecule has 0 aliphatic rings. The fraction of sp³-hybridized carbons (Fsp3) is 0.375. The molecule has 0 saturated heterocycles. The highest BCUT2D eigenvalue weighted by atomic mass is 16.5. The third-order valence-corrected chi connectivity index (χ3v) is 3.04. The van der Waals surface area contributed by atoms with E-state index in [1.807, 2.05) is 37.5 Å². The summed E-state index contributed by atoms with van der Waals surface area (Å²) < 4.78 is 11.7. The molecule has 5 nitrogen and oxygen atoms in total. The zero-order valence-corrected chi connectivity index (χ0v) is 13.1. The second-order valence-corrected chi connectivity index (χ2v) is 4.00. The van der Waals surface area contributed by atoms with Gasteiger partial charge < -0.3 is 14.0 Å². The van der Waals surface area contributed by atoms with Crippen LogP contribution in [-0.2, 0) is 16.1 Å². The number of fused-ring (bicyclic) bond motifs is 1. The van der Waals surface area contributed by atoms with Gasteiger partial charge in [0.15, 0.2) is 0 Å². The van der Waals surface area contributed by atoms with E-state index in [9.17, 15) is 9.59 Å². The largest absolute Gasteiger partial charge is 0.496 e. The van der Waals surface area contributed by atoms with E-state index >= 15 is 0 Å². The lowest BCUT2D eigenvalue weighted by Crippen LogP contribution is -2.15. The number of aromatic nitrogens is 1. The van der Waals surface area contributed by atoms with Crippen LogP contribution in [0.3, 0.4) is 0 Å². The minimum atomic E-state index is -0.874. The SMILES string of the molecule is CC.CCn1cc(C(=O)C(=O)OC)c2c(OC)cccc21. The van der Waals surface area contributed by atoms with Crippen LogP contribution in [0.25, 0.3) is 10.9 Å². The molecule has 0 N–H and O–H groups in total. The van der Waals surface area contributed by atoms with Crippen molar-refractivity contribution in [2.45, 2.75) is 27.3 Å². The summed E-state index contributed by atoms with van der Waals surface area (Å²) in [7, 11) is 2.72. The van der Waals surface area contributed by atoms with E-state index < -0.39 is 11.8 Å². The highest BCUT2D eigenvalue weighted by Crippen LogP contribution is 2.31. The van der Waals surface area contributed by atoms with E-state index in [0.717, 1.165) is 5.52 Å². The van der Waals surface area contributed by atoms with Crippen molar-refractivity contribution in [1.82, 2.24) is 4.57 Å². The number of benzene rings is 1. The Labute approximate surface area is 124 Å². The number of carbonyl (C=O) groups is 2. The van der Waals surface area contributed by atoms with Gasteiger partial charge in [-0.15, -0.1) is 0 Å². The Morgan fingerprint density at radius 3 is 2.38 bits per heavy atom. The molecule has 0 radical (unpaired) electrons. The molecule has 21 heavy (non-hydrogen) atoms. The predicted molar refractivity (Wildman–Crippen MR) is 81.9 cm³/mol. The van der Waals surface area contributed by atoms with Crippen LogP contribution in [0.4, 0.5) is 0 Å². The van der Waals surface area contributed by atoms with Crippen LogP contribution in [0.1, 0.15) is 31.1 Å². The first-order chi connectivity index (χ1) is 10.1. The number of nitrogens with zero attached hydrogens (tertiary/aromatic N) is 1. The van der Waals surface area contributed by atoms with Crippen LogP contribution < -0.4 is 4.74 Å². The number of hydrogen-bond acceptors (Lipinski definition) is 4. The topological polar surface area (TPSA) is 57.5 Å². The van der Waals surface area contributed by atoms with Crippen LogP contribution in [0.2, 0.25) is 0 Å². The molecule has 0 amide bonds. The summed E-state index contributed by atoms with van der Waals surface area (Å²) in [5, 5.41) is 0.641. The number of ether oxygens (including phenoxy) is 2. The fourth-order valence-electron chi connectivity index (χ4n) is 2.13. The van der Waals surface area contributed by atoms with Gasteiger partial charge >= 0.3 is 5.97 Å². The van der Waals surface area contributed by atoms with Crippen molar-refractivity contribution >= 4 is 22.7 Å². The molecule has 1 aromatic carbocycles. The van der Waals surface area contributed by atoms with Crippen molar-refractivity contribution in [3.8, 4) is 5.75 Å². The normalized spacial score (nSPS) is 9.76. The molecule has 5 heteroatoms. The van der Waals surface area contributed by atoms with Gasteiger partial charge in [-0.05, 0) is 19.1 Å². The maximum atomic E-state index is 12.0. The molecule has 1 aromatic heterocycles. The van der Waals surface area contributed by atoms with Gasteiger partial charge in [0.05, 0.1) is 30.7 Å². The Morgan fingerprint density at radius 1 is 1.19 bits per heavy atom. The number of rotatable bonds is 4. The highest BCUT2D eigenvalue weighted by Gasteiger charge is 2.23. The molecule has 2 rings (SSSR count). The third-order valence-electron chi connectivity index (χ3n) is 3.04. The van der Waals surface area contributed by atoms with E-state index in [-0.39, 0.29) is 0 Å². The summed E-state index contributed by atoms with van der Waals surface area (Å²) in [6, 6.07) is 5.49. The first kappa shape index (κ1) is 16.8. The molecule has 0 unspecified atom stereocenters. The number of esters is 1. The lowest BCUT2D eigenvalue weighted by Gasteiger charge is -2.04. The molecule has 0 spiro atoms. The van der Waals surface area contributed by atoms with Crippen LogP contribution in [0.5, 0.6) is 5.75 Å². The van der Waals surface area contributed by atoms with Gasteiger partial charge in [0.1, 0.15) is 5.75 Å². The van der Waals surface area contributed by atoms with Gasteiger partial charge in [-0.1, -0.05) is 19.9 Å². The van der Waals surface area contributed by atoms with Crippen molar-refractivity contribution in [3.05, 3.63) is 30.0 Å². The van der Waals surface area contributed by atoms with Crippen LogP contribution in [0.15, 0.2) is 24.4 Å². The summed E-state index contributed by atoms with van der Waals surface area (Å²) in [4.78, 5) is 23.5. The molecule has 0 bridgehead atoms. The van der Waals surface area contributed by atoms with E-state index in [1.165, 1.54) is 14.2 Å². The van der Waals surface area contributed by atoms with Gasteiger partial charge in [0.25, 0.3) is 5.78 Å². The Morgan fingerprint density at radius 2 is 1.86 bits per heavy atom. The number of methoxy groups -OCH3 is 2. The molecular formula is C16H21NO4. The molecule has 0 fully saturated rings. The Balaban J connectivity index is 0.00000106. The number of aryl methyl sites for hydroxylation is 1. The molecule has 1 heterocycles. The van der Waals surface area contributed by atoms with Gasteiger partial charge in [-0.25, -0.2) is 4.79 Å². The van der Waals surface area contributed by atoms with Crippen molar-refractivity contribution in [1.29, 1.82) is 0 Å². The Bertz CT molecular complexity index is 643. The standard InChI is InChI=1S/C14H15NO4.C2H6/c1-4-15-8-9(13(16)14(17)19-3)12-10(15)6-5-7-11(12)18-2;1-2/h5-8H,4H2,1-3H3;1-2H3. The zero-order chi connectivity index (χ0) is 16.0. The van der Waals surface area contributed by atoms with Crippen molar-refractivity contribution in [3.63, 3.8) is 0 Å². The third kappa shape index (κ3) is 3.07. The molecule has 0 aliphatic carbocycles. The number of Topliss-reactive ketones (excluding diaryl/α,β-unsaturated/α-hetero) is 1. The maximum absolute atomic E-state index is 12.0. The second kappa shape index (κ2) is 7.47. The number of carbonyl (C=O) groups excluding carboxylic acids is 2. The lowest BCUT2D eigenvalue weighted by atomic mass is 10.1. The molecule has 2 aromatic rings. The van der Waals surface area contributed by atoms with E-state index in [2.05, 4.69) is 4.74 Å². The molecule has 0 aliphatic heterocycles. The van der Waals surface area contributed by atoms with E-state index in [4.69, 9.17) is 4.74 Å². The number of ketones is 1. The summed E-state index contributed by atoms with van der Waals surface area (Å²) >= 11 is 0. The maximum Gasteiger partial charge on any atom is 0.379 e. The number of hydrogen-bond donors (Lipinski definition) is 0. The molecule has 0 atom stereocenters. The second-order valence-electron chi connectivity index (χ2n) is 4.00. The quantitative estimate of drug-likeness (QED) is 0.493. The molecule has 114 valence electrons. The van der Waals surface area contributed by atoms with Crippen LogP contribution in [-0.4, -0.2) is 30.5 Å². The first-order valence-corrected chi connectivity index (χ1v) is 6.92. The molecule has 0 saturated carbocycles. The predicted octanol–water partition coefficient (Wildman–Crippen LogP) is 3.05. The lowest BCUT2D eigenvalue weighted by molar-refractivity contribution is -0.135. The smallest absolute Gasteiger partial charge is 0.379 e. The van der Waals surface area contributed by atoms with Crippen molar-refractivity contribution < 1.29 is 19.1 Å². The average molecular weight is 291 g/mol. The summed E-state index contributed by atoms with van der Waals surface area (Å²) in [6.07, 6.45) is 1.66. The van der Waals surface area contributed by atoms with Gasteiger partial charge in [-0.2, -0.15) is 0 Å². The fourth-order valence-corrected chi connectivity index (χ4v) is 2.13.